The van der Waals surface area contributed by atoms with Crippen molar-refractivity contribution < 1.29 is 40.7 Å². The summed E-state index contributed by atoms with van der Waals surface area (Å²) in [6, 6.07) is 12.2. The van der Waals surface area contributed by atoms with Crippen LogP contribution in [0.25, 0.3) is 11.5 Å². The molecule has 0 saturated carbocycles. The highest BCUT2D eigenvalue weighted by Crippen LogP contribution is 2.35. The zero-order valence-electron chi connectivity index (χ0n) is 14.3. The van der Waals surface area contributed by atoms with Gasteiger partial charge in [-0.1, -0.05) is 24.3 Å². The highest BCUT2D eigenvalue weighted by molar-refractivity contribution is 5.87. The first-order valence-corrected chi connectivity index (χ1v) is 7.81. The molecule has 11 heteroatoms. The smallest absolute Gasteiger partial charge is 0.452 e. The monoisotopic (exact) mass is 418 g/mol. The quantitative estimate of drug-likeness (QED) is 0.589. The number of hydrogen-bond donors (Lipinski definition) is 1. The standard InChI is InChI=1S/C11H6F3NO3.C7H6F3N/c12-11(13,14)8-7(10(16)17)15-9(18-8)6-4-2-1-3-5-6;8-7(9,10)5-6-3-1-2-4-11-6/h1-5H,(H,16,17);1-4H,5H2. The minimum absolute atomic E-state index is 0.0556. The van der Waals surface area contributed by atoms with Crippen molar-refractivity contribution >= 4 is 5.97 Å². The number of carboxylic acids is 1. The number of aromatic nitrogens is 2. The van der Waals surface area contributed by atoms with Crippen LogP contribution < -0.4 is 0 Å². The van der Waals surface area contributed by atoms with Gasteiger partial charge < -0.3 is 9.52 Å². The molecule has 29 heavy (non-hydrogen) atoms. The molecular formula is C18H12F6N2O3. The molecule has 0 aliphatic carbocycles. The fourth-order valence-corrected chi connectivity index (χ4v) is 2.07. The van der Waals surface area contributed by atoms with Gasteiger partial charge in [-0.2, -0.15) is 26.3 Å². The van der Waals surface area contributed by atoms with Gasteiger partial charge in [0.05, 0.1) is 6.42 Å². The third-order valence-electron chi connectivity index (χ3n) is 3.22. The van der Waals surface area contributed by atoms with Gasteiger partial charge in [-0.25, -0.2) is 9.78 Å². The number of nitrogens with zero attached hydrogens (tertiary/aromatic N) is 2. The maximum atomic E-state index is 12.5. The van der Waals surface area contributed by atoms with Crippen LogP contribution in [0.5, 0.6) is 0 Å². The Morgan fingerprint density at radius 2 is 1.59 bits per heavy atom. The van der Waals surface area contributed by atoms with Gasteiger partial charge in [0.2, 0.25) is 11.7 Å². The molecule has 0 unspecified atom stereocenters. The number of pyridine rings is 1. The van der Waals surface area contributed by atoms with Crippen molar-refractivity contribution in [3.63, 3.8) is 0 Å². The summed E-state index contributed by atoms with van der Waals surface area (Å²) in [7, 11) is 0. The number of carboxylic acid groups (broad SMARTS) is 1. The average molecular weight is 418 g/mol. The number of carbonyl (C=O) groups is 1. The molecule has 2 aromatic heterocycles. The van der Waals surface area contributed by atoms with Crippen LogP contribution in [0.4, 0.5) is 26.3 Å². The summed E-state index contributed by atoms with van der Waals surface area (Å²) in [5.41, 5.74) is -0.808. The van der Waals surface area contributed by atoms with E-state index < -0.39 is 36.2 Å². The van der Waals surface area contributed by atoms with E-state index in [2.05, 4.69) is 14.4 Å². The van der Waals surface area contributed by atoms with E-state index in [4.69, 9.17) is 5.11 Å². The van der Waals surface area contributed by atoms with E-state index in [-0.39, 0.29) is 17.1 Å². The van der Waals surface area contributed by atoms with Crippen molar-refractivity contribution in [2.75, 3.05) is 0 Å². The van der Waals surface area contributed by atoms with Gasteiger partial charge >= 0.3 is 18.3 Å². The molecule has 1 aromatic carbocycles. The minimum Gasteiger partial charge on any atom is -0.476 e. The lowest BCUT2D eigenvalue weighted by molar-refractivity contribution is -0.153. The second-order valence-electron chi connectivity index (χ2n) is 5.48. The van der Waals surface area contributed by atoms with E-state index >= 15 is 0 Å². The van der Waals surface area contributed by atoms with Crippen molar-refractivity contribution in [3.05, 3.63) is 71.9 Å². The fraction of sp³-hybridized carbons (Fsp3) is 0.167. The molecule has 2 heterocycles. The Kier molecular flexibility index (Phi) is 6.62. The molecule has 5 nitrogen and oxygen atoms in total. The Morgan fingerprint density at radius 1 is 0.966 bits per heavy atom. The first kappa shape index (κ1) is 21.9. The lowest BCUT2D eigenvalue weighted by atomic mass is 10.2. The van der Waals surface area contributed by atoms with E-state index in [1.807, 2.05) is 0 Å². The van der Waals surface area contributed by atoms with Crippen LogP contribution in [0, 0.1) is 0 Å². The van der Waals surface area contributed by atoms with Crippen LogP contribution in [0.3, 0.4) is 0 Å². The van der Waals surface area contributed by atoms with Gasteiger partial charge in [0, 0.05) is 17.5 Å². The molecule has 0 radical (unpaired) electrons. The van der Waals surface area contributed by atoms with Gasteiger partial charge in [0.25, 0.3) is 0 Å². The van der Waals surface area contributed by atoms with Crippen LogP contribution in [-0.4, -0.2) is 27.2 Å². The van der Waals surface area contributed by atoms with Crippen molar-refractivity contribution in [2.24, 2.45) is 0 Å². The van der Waals surface area contributed by atoms with Crippen LogP contribution >= 0.6 is 0 Å². The number of oxazole rings is 1. The van der Waals surface area contributed by atoms with Gasteiger partial charge in [-0.15, -0.1) is 0 Å². The summed E-state index contributed by atoms with van der Waals surface area (Å²) in [5, 5.41) is 8.67. The zero-order chi connectivity index (χ0) is 21.7. The first-order chi connectivity index (χ1) is 13.5. The summed E-state index contributed by atoms with van der Waals surface area (Å²) in [4.78, 5) is 17.6. The van der Waals surface area contributed by atoms with Crippen LogP contribution in [0.15, 0.2) is 59.1 Å². The zero-order valence-corrected chi connectivity index (χ0v) is 14.3. The van der Waals surface area contributed by atoms with Crippen molar-refractivity contribution in [2.45, 2.75) is 18.8 Å². The molecule has 0 fully saturated rings. The average Bonchev–Trinajstić information content (AvgIpc) is 3.09. The summed E-state index contributed by atoms with van der Waals surface area (Å²) in [6.07, 6.45) is -8.66. The molecule has 0 atom stereocenters. The van der Waals surface area contributed by atoms with Crippen LogP contribution in [0.1, 0.15) is 21.9 Å². The predicted octanol–water partition coefficient (Wildman–Crippen LogP) is 5.25. The lowest BCUT2D eigenvalue weighted by Gasteiger charge is -2.03. The normalized spacial score (nSPS) is 11.5. The van der Waals surface area contributed by atoms with Crippen LogP contribution in [0.2, 0.25) is 0 Å². The molecule has 0 aliphatic heterocycles. The number of hydrogen-bond acceptors (Lipinski definition) is 4. The summed E-state index contributed by atoms with van der Waals surface area (Å²) < 4.78 is 77.2. The topological polar surface area (TPSA) is 76.2 Å². The second-order valence-corrected chi connectivity index (χ2v) is 5.48. The summed E-state index contributed by atoms with van der Waals surface area (Å²) >= 11 is 0. The predicted molar refractivity (Wildman–Crippen MR) is 87.9 cm³/mol. The van der Waals surface area contributed by atoms with Crippen molar-refractivity contribution in [3.8, 4) is 11.5 Å². The Balaban J connectivity index is 0.000000234. The molecule has 0 spiro atoms. The third-order valence-corrected chi connectivity index (χ3v) is 3.22. The highest BCUT2D eigenvalue weighted by Gasteiger charge is 2.42. The number of halogens is 6. The van der Waals surface area contributed by atoms with Crippen LogP contribution in [-0.2, 0) is 12.6 Å². The Hall–Kier alpha value is -3.37. The number of benzene rings is 1. The molecule has 0 bridgehead atoms. The van der Waals surface area contributed by atoms with E-state index in [0.717, 1.165) is 0 Å². The summed E-state index contributed by atoms with van der Waals surface area (Å²) in [5.74, 6) is -3.76. The Labute approximate surface area is 159 Å². The molecule has 3 rings (SSSR count). The van der Waals surface area contributed by atoms with E-state index in [1.54, 1.807) is 24.3 Å². The molecule has 1 N–H and O–H groups in total. The fourth-order valence-electron chi connectivity index (χ4n) is 2.07. The third kappa shape index (κ3) is 6.63. The maximum absolute atomic E-state index is 12.5. The van der Waals surface area contributed by atoms with E-state index in [1.165, 1.54) is 30.5 Å². The SMILES string of the molecule is FC(F)(F)Cc1ccccn1.O=C(O)c1nc(-c2ccccc2)oc1C(F)(F)F. The van der Waals surface area contributed by atoms with Gasteiger partial charge in [-0.3, -0.25) is 4.98 Å². The number of rotatable bonds is 3. The number of alkyl halides is 6. The Morgan fingerprint density at radius 3 is 2.03 bits per heavy atom. The molecule has 154 valence electrons. The first-order valence-electron chi connectivity index (χ1n) is 7.81. The van der Waals surface area contributed by atoms with Gasteiger partial charge in [-0.05, 0) is 24.3 Å². The maximum Gasteiger partial charge on any atom is 0.452 e. The highest BCUT2D eigenvalue weighted by atomic mass is 19.4. The summed E-state index contributed by atoms with van der Waals surface area (Å²) in [6.45, 7) is 0. The van der Waals surface area contributed by atoms with E-state index in [0.29, 0.717) is 0 Å². The molecule has 0 aliphatic rings. The molecule has 0 saturated heterocycles. The Bertz CT molecular complexity index is 938. The lowest BCUT2D eigenvalue weighted by Crippen LogP contribution is -2.12. The molecule has 0 amide bonds. The second kappa shape index (κ2) is 8.76. The largest absolute Gasteiger partial charge is 0.476 e. The van der Waals surface area contributed by atoms with E-state index in [9.17, 15) is 31.1 Å². The van der Waals surface area contributed by atoms with Crippen molar-refractivity contribution in [1.82, 2.24) is 9.97 Å². The van der Waals surface area contributed by atoms with Gasteiger partial charge in [0.1, 0.15) is 0 Å². The molecular weight excluding hydrogens is 406 g/mol. The van der Waals surface area contributed by atoms with Gasteiger partial charge in [0.15, 0.2) is 5.69 Å². The molecule has 3 aromatic rings. The number of aromatic carboxylic acids is 1. The van der Waals surface area contributed by atoms with Crippen molar-refractivity contribution in [1.29, 1.82) is 0 Å². The minimum atomic E-state index is -4.90.